The molecule has 0 fully saturated rings. The molecule has 0 atom stereocenters. The second kappa shape index (κ2) is 3.06. The lowest BCUT2D eigenvalue weighted by atomic mass is 9.97. The summed E-state index contributed by atoms with van der Waals surface area (Å²) in [5, 5.41) is 0. The van der Waals surface area contributed by atoms with E-state index in [1.165, 1.54) is 22.3 Å². The van der Waals surface area contributed by atoms with Crippen LogP contribution in [0.5, 0.6) is 0 Å². The molecule has 0 aromatic heterocycles. The van der Waals surface area contributed by atoms with Crippen LogP contribution in [0.2, 0.25) is 0 Å². The first-order valence-electron chi connectivity index (χ1n) is 4.44. The van der Waals surface area contributed by atoms with Gasteiger partial charge in [-0.05, 0) is 28.7 Å². The van der Waals surface area contributed by atoms with Gasteiger partial charge in [-0.3, -0.25) is 0 Å². The van der Waals surface area contributed by atoms with Gasteiger partial charge >= 0.3 is 0 Å². The smallest absolute Gasteiger partial charge is 0.00820 e. The van der Waals surface area contributed by atoms with Crippen LogP contribution in [0.3, 0.4) is 0 Å². The summed E-state index contributed by atoms with van der Waals surface area (Å²) in [5.41, 5.74) is 5.11. The zero-order chi connectivity index (χ0) is 9.26. The zero-order valence-electron chi connectivity index (χ0n) is 7.59. The van der Waals surface area contributed by atoms with Crippen molar-refractivity contribution in [1.82, 2.24) is 0 Å². The van der Waals surface area contributed by atoms with Crippen LogP contribution in [0, 0.1) is 0 Å². The lowest BCUT2D eigenvalue weighted by Crippen LogP contribution is -1.90. The average Bonchev–Trinajstić information content (AvgIpc) is 2.63. The van der Waals surface area contributed by atoms with E-state index in [1.807, 2.05) is 12.2 Å². The van der Waals surface area contributed by atoms with Crippen LogP contribution in [0.15, 0.2) is 31.4 Å². The van der Waals surface area contributed by atoms with Crippen molar-refractivity contribution in [2.24, 2.45) is 0 Å². The van der Waals surface area contributed by atoms with Gasteiger partial charge in [-0.25, -0.2) is 0 Å². The normalized spacial score (nSPS) is 12.6. The molecule has 2 rings (SSSR count). The van der Waals surface area contributed by atoms with E-state index >= 15 is 0 Å². The molecule has 13 heavy (non-hydrogen) atoms. The monoisotopic (exact) mass is 168 g/mol. The molecule has 0 amide bonds. The van der Waals surface area contributed by atoms with E-state index in [4.69, 9.17) is 0 Å². The molecule has 1 aromatic rings. The van der Waals surface area contributed by atoms with Crippen LogP contribution in [0.1, 0.15) is 22.3 Å². The van der Waals surface area contributed by atoms with Crippen molar-refractivity contribution >= 4 is 18.2 Å². The maximum atomic E-state index is 3.84. The molecule has 0 radical (unpaired) electrons. The fourth-order valence-electron chi connectivity index (χ4n) is 1.81. The average molecular weight is 168 g/mol. The third-order valence-electron chi connectivity index (χ3n) is 2.47. The van der Waals surface area contributed by atoms with Gasteiger partial charge < -0.3 is 0 Å². The Labute approximate surface area is 78.9 Å². The molecule has 1 aliphatic rings. The maximum Gasteiger partial charge on any atom is -0.00820 e. The van der Waals surface area contributed by atoms with E-state index in [0.717, 1.165) is 6.42 Å². The molecule has 0 nitrogen and oxygen atoms in total. The minimum atomic E-state index is 1.03. The standard InChI is InChI=1S/C13H12/c1-3-10-8-9-11-6-5-7-13(11)12(10)4-2/h3-6,8-9H,1-2,7H2. The summed E-state index contributed by atoms with van der Waals surface area (Å²) < 4.78 is 0. The fourth-order valence-corrected chi connectivity index (χ4v) is 1.81. The van der Waals surface area contributed by atoms with Crippen LogP contribution in [0.25, 0.3) is 18.2 Å². The van der Waals surface area contributed by atoms with Gasteiger partial charge in [-0.1, -0.05) is 49.6 Å². The summed E-state index contributed by atoms with van der Waals surface area (Å²) in [4.78, 5) is 0. The molecule has 1 aliphatic carbocycles. The Morgan fingerprint density at radius 2 is 2.00 bits per heavy atom. The van der Waals surface area contributed by atoms with Gasteiger partial charge in [0.05, 0.1) is 0 Å². The third kappa shape index (κ3) is 1.15. The maximum absolute atomic E-state index is 3.84. The van der Waals surface area contributed by atoms with Crippen molar-refractivity contribution in [3.05, 3.63) is 53.6 Å². The van der Waals surface area contributed by atoms with Crippen LogP contribution in [0.4, 0.5) is 0 Å². The Kier molecular flexibility index (Phi) is 1.90. The summed E-state index contributed by atoms with van der Waals surface area (Å²) in [7, 11) is 0. The number of fused-ring (bicyclic) bond motifs is 1. The minimum Gasteiger partial charge on any atom is -0.0984 e. The molecule has 1 aromatic carbocycles. The van der Waals surface area contributed by atoms with Gasteiger partial charge in [0.1, 0.15) is 0 Å². The van der Waals surface area contributed by atoms with E-state index in [-0.39, 0.29) is 0 Å². The number of hydrogen-bond acceptors (Lipinski definition) is 0. The van der Waals surface area contributed by atoms with Gasteiger partial charge in [-0.2, -0.15) is 0 Å². The van der Waals surface area contributed by atoms with Gasteiger partial charge in [0.2, 0.25) is 0 Å². The van der Waals surface area contributed by atoms with Gasteiger partial charge in [-0.15, -0.1) is 0 Å². The molecule has 0 saturated heterocycles. The highest BCUT2D eigenvalue weighted by atomic mass is 14.1. The first-order chi connectivity index (χ1) is 6.36. The lowest BCUT2D eigenvalue weighted by molar-refractivity contribution is 1.29. The number of rotatable bonds is 2. The summed E-state index contributed by atoms with van der Waals surface area (Å²) >= 11 is 0. The Hall–Kier alpha value is -1.56. The van der Waals surface area contributed by atoms with Gasteiger partial charge in [0.25, 0.3) is 0 Å². The topological polar surface area (TPSA) is 0 Å². The highest BCUT2D eigenvalue weighted by molar-refractivity contribution is 5.74. The number of benzene rings is 1. The summed E-state index contributed by atoms with van der Waals surface area (Å²) in [5.74, 6) is 0. The van der Waals surface area contributed by atoms with E-state index in [2.05, 4.69) is 37.4 Å². The van der Waals surface area contributed by atoms with E-state index in [0.29, 0.717) is 0 Å². The molecule has 0 heteroatoms. The summed E-state index contributed by atoms with van der Waals surface area (Å²) in [6.07, 6.45) is 9.18. The van der Waals surface area contributed by atoms with Crippen molar-refractivity contribution in [3.8, 4) is 0 Å². The Bertz CT molecular complexity index is 395. The van der Waals surface area contributed by atoms with Crippen LogP contribution in [-0.2, 0) is 6.42 Å². The predicted octanol–water partition coefficient (Wildman–Crippen LogP) is 3.54. The van der Waals surface area contributed by atoms with Crippen molar-refractivity contribution in [3.63, 3.8) is 0 Å². The second-order valence-corrected chi connectivity index (χ2v) is 3.15. The van der Waals surface area contributed by atoms with Gasteiger partial charge in [0.15, 0.2) is 0 Å². The quantitative estimate of drug-likeness (QED) is 0.633. The van der Waals surface area contributed by atoms with E-state index in [1.54, 1.807) is 0 Å². The first-order valence-corrected chi connectivity index (χ1v) is 4.44. The molecule has 0 saturated carbocycles. The molecule has 0 bridgehead atoms. The Morgan fingerprint density at radius 1 is 1.15 bits per heavy atom. The number of hydrogen-bond donors (Lipinski definition) is 0. The predicted molar refractivity (Wildman–Crippen MR) is 59.4 cm³/mol. The van der Waals surface area contributed by atoms with Crippen LogP contribution in [-0.4, -0.2) is 0 Å². The second-order valence-electron chi connectivity index (χ2n) is 3.15. The molecule has 0 N–H and O–H groups in total. The van der Waals surface area contributed by atoms with E-state index < -0.39 is 0 Å². The van der Waals surface area contributed by atoms with E-state index in [9.17, 15) is 0 Å². The summed E-state index contributed by atoms with van der Waals surface area (Å²) in [6, 6.07) is 4.24. The van der Waals surface area contributed by atoms with Gasteiger partial charge in [0, 0.05) is 0 Å². The SMILES string of the molecule is C=Cc1ccc2c(c1C=C)CC=C2. The molecule has 64 valence electrons. The third-order valence-corrected chi connectivity index (χ3v) is 2.47. The van der Waals surface area contributed by atoms with Crippen molar-refractivity contribution in [1.29, 1.82) is 0 Å². The highest BCUT2D eigenvalue weighted by Crippen LogP contribution is 2.27. The summed E-state index contributed by atoms with van der Waals surface area (Å²) in [6.45, 7) is 7.64. The first kappa shape index (κ1) is 8.06. The largest absolute Gasteiger partial charge is 0.0984 e. The molecular weight excluding hydrogens is 156 g/mol. The molecule has 0 spiro atoms. The highest BCUT2D eigenvalue weighted by Gasteiger charge is 2.10. The Balaban J connectivity index is 2.69. The minimum absolute atomic E-state index is 1.03. The molecule has 0 heterocycles. The van der Waals surface area contributed by atoms with Crippen LogP contribution < -0.4 is 0 Å². The van der Waals surface area contributed by atoms with Crippen molar-refractivity contribution in [2.45, 2.75) is 6.42 Å². The van der Waals surface area contributed by atoms with Crippen molar-refractivity contribution < 1.29 is 0 Å². The fraction of sp³-hybridized carbons (Fsp3) is 0.0769. The Morgan fingerprint density at radius 3 is 2.69 bits per heavy atom. The van der Waals surface area contributed by atoms with Crippen molar-refractivity contribution in [2.75, 3.05) is 0 Å². The molecular formula is C13H12. The van der Waals surface area contributed by atoms with Crippen LogP contribution >= 0.6 is 0 Å². The zero-order valence-corrected chi connectivity index (χ0v) is 7.59. The molecule has 0 aliphatic heterocycles. The molecule has 0 unspecified atom stereocenters. The number of allylic oxidation sites excluding steroid dienone is 1. The lowest BCUT2D eigenvalue weighted by Gasteiger charge is -2.07.